The number of cyclic esters (lactones) is 1. The molecular weight excluding hydrogens is 640 g/mol. The van der Waals surface area contributed by atoms with Crippen molar-refractivity contribution in [1.82, 2.24) is 20.1 Å². The van der Waals surface area contributed by atoms with Crippen molar-refractivity contribution in [2.24, 2.45) is 17.8 Å². The van der Waals surface area contributed by atoms with Gasteiger partial charge in [0.1, 0.15) is 18.2 Å². The summed E-state index contributed by atoms with van der Waals surface area (Å²) in [6.07, 6.45) is 6.81. The molecule has 14 heteroatoms. The Kier molecular flexibility index (Phi) is 14.3. The summed E-state index contributed by atoms with van der Waals surface area (Å²) in [6, 6.07) is 0. The van der Waals surface area contributed by atoms with Gasteiger partial charge in [-0.15, -0.1) is 0 Å². The normalized spacial score (nSPS) is 28.1. The maximum atomic E-state index is 13.8. The van der Waals surface area contributed by atoms with Gasteiger partial charge in [0, 0.05) is 38.5 Å². The van der Waals surface area contributed by atoms with E-state index >= 15 is 0 Å². The highest BCUT2D eigenvalue weighted by molar-refractivity contribution is 7.92. The summed E-state index contributed by atoms with van der Waals surface area (Å²) in [5.74, 6) is -4.04. The first kappa shape index (κ1) is 38.8. The van der Waals surface area contributed by atoms with Gasteiger partial charge in [0.2, 0.25) is 11.8 Å². The van der Waals surface area contributed by atoms with Crippen molar-refractivity contribution in [3.8, 4) is 0 Å². The number of allylic oxidation sites excluding steroid dienone is 2. The number of carbonyl (C=O) groups excluding carboxylic acids is 4. The van der Waals surface area contributed by atoms with Crippen molar-refractivity contribution in [2.75, 3.05) is 45.0 Å². The molecule has 0 saturated carbocycles. The number of ether oxygens (including phenoxy) is 1. The van der Waals surface area contributed by atoms with Gasteiger partial charge in [-0.2, -0.15) is 0 Å². The van der Waals surface area contributed by atoms with E-state index in [1.807, 2.05) is 32.6 Å². The van der Waals surface area contributed by atoms with Crippen LogP contribution >= 0.6 is 0 Å². The van der Waals surface area contributed by atoms with Gasteiger partial charge in [0.05, 0.1) is 29.4 Å². The molecule has 1 saturated heterocycles. The van der Waals surface area contributed by atoms with Gasteiger partial charge in [-0.3, -0.25) is 19.2 Å². The predicted octanol–water partition coefficient (Wildman–Crippen LogP) is 2.13. The van der Waals surface area contributed by atoms with Crippen LogP contribution in [0.5, 0.6) is 0 Å². The number of esters is 1. The second-order valence-electron chi connectivity index (χ2n) is 12.8. The molecule has 5 atom stereocenters. The fourth-order valence-electron chi connectivity index (χ4n) is 5.91. The maximum Gasteiger partial charge on any atom is 0.312 e. The molecule has 0 aliphatic carbocycles. The van der Waals surface area contributed by atoms with Crippen LogP contribution in [0, 0.1) is 17.8 Å². The summed E-state index contributed by atoms with van der Waals surface area (Å²) in [7, 11) is -3.87. The maximum absolute atomic E-state index is 13.8. The van der Waals surface area contributed by atoms with Crippen LogP contribution < -0.4 is 5.32 Å². The lowest BCUT2D eigenvalue weighted by molar-refractivity contribution is -0.157. The second kappa shape index (κ2) is 17.7. The Hall–Kier alpha value is -3.62. The molecule has 1 aromatic rings. The van der Waals surface area contributed by atoms with Crippen LogP contribution in [0.15, 0.2) is 46.6 Å². The number of rotatable bonds is 7. The van der Waals surface area contributed by atoms with Crippen molar-refractivity contribution in [3.05, 3.63) is 53.8 Å². The molecule has 3 rings (SSSR count). The predicted molar refractivity (Wildman–Crippen MR) is 180 cm³/mol. The first-order valence-electron chi connectivity index (χ1n) is 16.5. The largest absolute Gasteiger partial charge is 0.461 e. The Balaban J connectivity index is 1.96. The molecule has 1 aromatic heterocycles. The highest BCUT2D eigenvalue weighted by Crippen LogP contribution is 2.29. The number of ketones is 1. The van der Waals surface area contributed by atoms with E-state index in [4.69, 9.17) is 9.15 Å². The van der Waals surface area contributed by atoms with Gasteiger partial charge in [-0.05, 0) is 32.0 Å². The molecular formula is C34H50N4O9S. The van der Waals surface area contributed by atoms with Crippen LogP contribution in [-0.2, 0) is 35.4 Å². The average Bonchev–Trinajstić information content (AvgIpc) is 3.68. The average molecular weight is 691 g/mol. The molecule has 0 aromatic carbocycles. The topological polar surface area (TPSA) is 176 Å². The SMILES string of the molecule is CCN(CC)CCS(=O)(=O)[C@H]1CN2C[C@H]1C(=O)O[C@H](C(C)C)[C@H](C)/C=C/C(=O)NC/C=C/C(C)=C/[C@@H](O)CC(=O)Cc1nc(co1)C2=O. The first-order valence-corrected chi connectivity index (χ1v) is 18.2. The minimum Gasteiger partial charge on any atom is -0.461 e. The summed E-state index contributed by atoms with van der Waals surface area (Å²) < 4.78 is 38.8. The Morgan fingerprint density at radius 1 is 1.12 bits per heavy atom. The molecule has 2 aliphatic rings. The lowest BCUT2D eigenvalue weighted by Gasteiger charge is -2.28. The monoisotopic (exact) mass is 690 g/mol. The fraction of sp³-hybridized carbons (Fsp3) is 0.618. The first-order chi connectivity index (χ1) is 22.6. The summed E-state index contributed by atoms with van der Waals surface area (Å²) in [5.41, 5.74) is 0.560. The number of amides is 2. The Labute approximate surface area is 283 Å². The van der Waals surface area contributed by atoms with Gasteiger partial charge in [-0.1, -0.05) is 64.5 Å². The number of fused-ring (bicyclic) bond motifs is 4. The molecule has 2 aliphatic heterocycles. The Bertz CT molecular complexity index is 1490. The summed E-state index contributed by atoms with van der Waals surface area (Å²) >= 11 is 0. The summed E-state index contributed by atoms with van der Waals surface area (Å²) in [5, 5.41) is 11.9. The third-order valence-electron chi connectivity index (χ3n) is 8.67. The molecule has 13 nitrogen and oxygen atoms in total. The van der Waals surface area contributed by atoms with Gasteiger partial charge < -0.3 is 29.4 Å². The Morgan fingerprint density at radius 3 is 2.50 bits per heavy atom. The zero-order chi connectivity index (χ0) is 35.6. The number of sulfone groups is 1. The summed E-state index contributed by atoms with van der Waals surface area (Å²) in [6.45, 7) is 12.5. The summed E-state index contributed by atoms with van der Waals surface area (Å²) in [4.78, 5) is 59.9. The van der Waals surface area contributed by atoms with Crippen molar-refractivity contribution in [1.29, 1.82) is 0 Å². The lowest BCUT2D eigenvalue weighted by Crippen LogP contribution is -2.41. The van der Waals surface area contributed by atoms with E-state index in [2.05, 4.69) is 10.3 Å². The van der Waals surface area contributed by atoms with E-state index < -0.39 is 45.1 Å². The zero-order valence-electron chi connectivity index (χ0n) is 28.8. The van der Waals surface area contributed by atoms with E-state index in [0.29, 0.717) is 18.7 Å². The van der Waals surface area contributed by atoms with E-state index in [9.17, 15) is 32.7 Å². The zero-order valence-corrected chi connectivity index (χ0v) is 29.6. The molecule has 48 heavy (non-hydrogen) atoms. The van der Waals surface area contributed by atoms with E-state index in [-0.39, 0.29) is 79.9 Å². The minimum atomic E-state index is -3.87. The van der Waals surface area contributed by atoms with E-state index in [1.165, 1.54) is 17.1 Å². The number of aliphatic hydroxyl groups excluding tert-OH is 1. The highest BCUT2D eigenvalue weighted by Gasteiger charge is 2.48. The van der Waals surface area contributed by atoms with Crippen molar-refractivity contribution in [2.45, 2.75) is 71.8 Å². The number of oxazole rings is 1. The quantitative estimate of drug-likeness (QED) is 0.401. The third-order valence-corrected chi connectivity index (χ3v) is 10.8. The van der Waals surface area contributed by atoms with Gasteiger partial charge in [0.25, 0.3) is 5.91 Å². The Morgan fingerprint density at radius 2 is 1.83 bits per heavy atom. The van der Waals surface area contributed by atoms with Crippen molar-refractivity contribution in [3.63, 3.8) is 0 Å². The van der Waals surface area contributed by atoms with Crippen LogP contribution in [-0.4, -0.2) is 114 Å². The molecule has 0 radical (unpaired) electrons. The molecule has 1 fully saturated rings. The number of nitrogens with zero attached hydrogens (tertiary/aromatic N) is 3. The molecule has 3 heterocycles. The number of Topliss-reactive ketones (excluding diaryl/α,β-unsaturated/α-hetero) is 1. The van der Waals surface area contributed by atoms with Crippen LogP contribution in [0.3, 0.4) is 0 Å². The number of hydrogen-bond acceptors (Lipinski definition) is 11. The van der Waals surface area contributed by atoms with Crippen LogP contribution in [0.4, 0.5) is 0 Å². The standard InChI is InChI=1S/C34H50N4O9S/c1-7-37(8-2)14-15-48(44,45)29-20-38-19-27(29)34(43)47-32(22(3)4)24(6)11-12-30(41)35-13-9-10-23(5)16-25(39)17-26(40)18-31-36-28(21-46-31)33(38)42/h9-12,16,21-22,24-25,27,29,32,39H,7-8,13-15,17-20H2,1-6H3,(H,35,41)/b10-9+,12-11+,23-16+/t24-,25-,27-,29+,32-/m1/s1. The molecule has 4 bridgehead atoms. The minimum absolute atomic E-state index is 0.0262. The van der Waals surface area contributed by atoms with Crippen molar-refractivity contribution < 1.29 is 41.9 Å². The smallest absolute Gasteiger partial charge is 0.312 e. The molecule has 0 unspecified atom stereocenters. The molecule has 2 N–H and O–H groups in total. The van der Waals surface area contributed by atoms with Gasteiger partial charge >= 0.3 is 5.97 Å². The van der Waals surface area contributed by atoms with E-state index in [0.717, 1.165) is 6.26 Å². The number of hydrogen-bond donors (Lipinski definition) is 2. The van der Waals surface area contributed by atoms with Crippen LogP contribution in [0.2, 0.25) is 0 Å². The fourth-order valence-corrected chi connectivity index (χ4v) is 7.83. The van der Waals surface area contributed by atoms with Gasteiger partial charge in [0.15, 0.2) is 15.5 Å². The van der Waals surface area contributed by atoms with Crippen LogP contribution in [0.25, 0.3) is 0 Å². The molecule has 266 valence electrons. The lowest BCUT2D eigenvalue weighted by atomic mass is 9.94. The number of carbonyl (C=O) groups is 4. The number of aromatic nitrogens is 1. The van der Waals surface area contributed by atoms with E-state index in [1.54, 1.807) is 32.1 Å². The second-order valence-corrected chi connectivity index (χ2v) is 15.1. The molecule has 2 amide bonds. The molecule has 0 spiro atoms. The highest BCUT2D eigenvalue weighted by atomic mass is 32.2. The van der Waals surface area contributed by atoms with Crippen LogP contribution in [0.1, 0.15) is 64.3 Å². The van der Waals surface area contributed by atoms with Crippen molar-refractivity contribution >= 4 is 33.4 Å². The number of nitrogens with one attached hydrogen (secondary N) is 1. The number of aliphatic hydroxyl groups is 1. The van der Waals surface area contributed by atoms with Gasteiger partial charge in [-0.25, -0.2) is 13.4 Å². The third kappa shape index (κ3) is 11.0.